The van der Waals surface area contributed by atoms with Gasteiger partial charge in [-0.1, -0.05) is 6.07 Å². The maximum atomic E-state index is 12.6. The monoisotopic (exact) mass is 375 g/mol. The number of ether oxygens (including phenoxy) is 1. The lowest BCUT2D eigenvalue weighted by Gasteiger charge is -2.11. The van der Waals surface area contributed by atoms with E-state index in [9.17, 15) is 21.6 Å². The van der Waals surface area contributed by atoms with Gasteiger partial charge in [-0.25, -0.2) is 16.8 Å². The van der Waals surface area contributed by atoms with E-state index in [0.717, 1.165) is 0 Å². The van der Waals surface area contributed by atoms with Gasteiger partial charge in [-0.3, -0.25) is 4.79 Å². The van der Waals surface area contributed by atoms with Crippen molar-refractivity contribution in [2.24, 2.45) is 0 Å². The predicted molar refractivity (Wildman–Crippen MR) is 89.5 cm³/mol. The first-order valence-electron chi connectivity index (χ1n) is 7.58. The molecule has 1 N–H and O–H groups in total. The molecule has 1 aromatic rings. The van der Waals surface area contributed by atoms with Crippen molar-refractivity contribution >= 4 is 25.6 Å². The summed E-state index contributed by atoms with van der Waals surface area (Å²) in [7, 11) is -5.51. The molecule has 134 valence electrons. The molecule has 0 bridgehead atoms. The van der Waals surface area contributed by atoms with Gasteiger partial charge in [0, 0.05) is 25.8 Å². The molecule has 1 fully saturated rings. The molecule has 2 rings (SSSR count). The Kier molecular flexibility index (Phi) is 6.00. The van der Waals surface area contributed by atoms with Gasteiger partial charge >= 0.3 is 0 Å². The standard InChI is InChI=1S/C15H21NO6S2/c1-22-8-3-7-16-15(17)12-4-2-5-13(10-12)24(20,21)14-6-9-23(18,19)11-14/h2,4-5,10,14H,3,6-9,11H2,1H3,(H,16,17)/t14-/m0/s1. The van der Waals surface area contributed by atoms with E-state index >= 15 is 0 Å². The molecule has 1 amide bonds. The summed E-state index contributed by atoms with van der Waals surface area (Å²) in [4.78, 5) is 12.0. The Labute approximate surface area is 142 Å². The average molecular weight is 375 g/mol. The van der Waals surface area contributed by atoms with Crippen LogP contribution in [-0.4, -0.2) is 59.8 Å². The molecule has 1 heterocycles. The number of nitrogens with one attached hydrogen (secondary N) is 1. The molecule has 1 aromatic carbocycles. The molecule has 1 saturated heterocycles. The Morgan fingerprint density at radius 1 is 1.38 bits per heavy atom. The van der Waals surface area contributed by atoms with E-state index in [2.05, 4.69) is 5.32 Å². The minimum atomic E-state index is -3.77. The Hall–Kier alpha value is -1.45. The lowest BCUT2D eigenvalue weighted by molar-refractivity contribution is 0.0948. The zero-order chi connectivity index (χ0) is 17.8. The first-order valence-corrected chi connectivity index (χ1v) is 10.9. The van der Waals surface area contributed by atoms with Crippen molar-refractivity contribution in [1.82, 2.24) is 5.32 Å². The van der Waals surface area contributed by atoms with Crippen LogP contribution in [0.4, 0.5) is 0 Å². The van der Waals surface area contributed by atoms with Crippen LogP contribution in [0.3, 0.4) is 0 Å². The van der Waals surface area contributed by atoms with Gasteiger partial charge in [0.05, 0.1) is 21.7 Å². The van der Waals surface area contributed by atoms with E-state index in [1.807, 2.05) is 0 Å². The summed E-state index contributed by atoms with van der Waals surface area (Å²) in [6, 6.07) is 5.70. The summed E-state index contributed by atoms with van der Waals surface area (Å²) < 4.78 is 53.1. The summed E-state index contributed by atoms with van der Waals surface area (Å²) in [5.41, 5.74) is 0.231. The van der Waals surface area contributed by atoms with Crippen molar-refractivity contribution in [1.29, 1.82) is 0 Å². The second kappa shape index (κ2) is 7.62. The topological polar surface area (TPSA) is 107 Å². The molecule has 7 nitrogen and oxygen atoms in total. The Morgan fingerprint density at radius 2 is 2.12 bits per heavy atom. The molecule has 1 aliphatic heterocycles. The van der Waals surface area contributed by atoms with Crippen LogP contribution in [0.5, 0.6) is 0 Å². The molecule has 1 aliphatic rings. The molecule has 0 saturated carbocycles. The fourth-order valence-corrected chi connectivity index (χ4v) is 6.94. The van der Waals surface area contributed by atoms with E-state index in [4.69, 9.17) is 4.74 Å². The SMILES string of the molecule is COCCCNC(=O)c1cccc(S(=O)(=O)[C@H]2CCS(=O)(=O)C2)c1. The van der Waals surface area contributed by atoms with Crippen LogP contribution in [0.2, 0.25) is 0 Å². The van der Waals surface area contributed by atoms with Gasteiger partial charge in [-0.05, 0) is 31.0 Å². The molecule has 0 aliphatic carbocycles. The zero-order valence-electron chi connectivity index (χ0n) is 13.4. The first kappa shape index (κ1) is 18.9. The minimum Gasteiger partial charge on any atom is -0.385 e. The number of methoxy groups -OCH3 is 1. The summed E-state index contributed by atoms with van der Waals surface area (Å²) in [5.74, 6) is -0.846. The van der Waals surface area contributed by atoms with Crippen molar-refractivity contribution in [2.45, 2.75) is 23.0 Å². The molecule has 0 radical (unpaired) electrons. The van der Waals surface area contributed by atoms with Crippen LogP contribution >= 0.6 is 0 Å². The highest BCUT2D eigenvalue weighted by atomic mass is 32.2. The second-order valence-electron chi connectivity index (χ2n) is 5.70. The predicted octanol–water partition coefficient (Wildman–Crippen LogP) is 0.414. The summed E-state index contributed by atoms with van der Waals surface area (Å²) in [6.45, 7) is 0.940. The third-order valence-electron chi connectivity index (χ3n) is 3.87. The highest BCUT2D eigenvalue weighted by molar-refractivity contribution is 7.96. The van der Waals surface area contributed by atoms with Crippen molar-refractivity contribution in [2.75, 3.05) is 31.8 Å². The van der Waals surface area contributed by atoms with E-state index < -0.39 is 24.9 Å². The van der Waals surface area contributed by atoms with Crippen molar-refractivity contribution in [3.05, 3.63) is 29.8 Å². The third-order valence-corrected chi connectivity index (χ3v) is 8.04. The zero-order valence-corrected chi connectivity index (χ0v) is 15.0. The van der Waals surface area contributed by atoms with E-state index in [1.54, 1.807) is 7.11 Å². The van der Waals surface area contributed by atoms with Gasteiger partial charge in [0.2, 0.25) is 0 Å². The maximum Gasteiger partial charge on any atom is 0.251 e. The van der Waals surface area contributed by atoms with Gasteiger partial charge in [0.15, 0.2) is 19.7 Å². The van der Waals surface area contributed by atoms with Gasteiger partial charge in [-0.15, -0.1) is 0 Å². The molecule has 24 heavy (non-hydrogen) atoms. The number of carbonyl (C=O) groups is 1. The van der Waals surface area contributed by atoms with E-state index in [-0.39, 0.29) is 34.3 Å². The fraction of sp³-hybridized carbons (Fsp3) is 0.533. The highest BCUT2D eigenvalue weighted by Crippen LogP contribution is 2.25. The smallest absolute Gasteiger partial charge is 0.251 e. The van der Waals surface area contributed by atoms with Crippen LogP contribution in [0.25, 0.3) is 0 Å². The van der Waals surface area contributed by atoms with Gasteiger partial charge in [0.25, 0.3) is 5.91 Å². The van der Waals surface area contributed by atoms with Crippen LogP contribution in [-0.2, 0) is 24.4 Å². The van der Waals surface area contributed by atoms with Crippen LogP contribution < -0.4 is 5.32 Å². The summed E-state index contributed by atoms with van der Waals surface area (Å²) in [5, 5.41) is 1.74. The lowest BCUT2D eigenvalue weighted by Crippen LogP contribution is -2.26. The Bertz CT molecular complexity index is 801. The van der Waals surface area contributed by atoms with Crippen LogP contribution in [0, 0.1) is 0 Å². The Balaban J connectivity index is 2.13. The maximum absolute atomic E-state index is 12.6. The number of amides is 1. The number of hydrogen-bond acceptors (Lipinski definition) is 6. The molecular weight excluding hydrogens is 354 g/mol. The van der Waals surface area contributed by atoms with Crippen molar-refractivity contribution in [3.63, 3.8) is 0 Å². The van der Waals surface area contributed by atoms with Gasteiger partial charge in [0.1, 0.15) is 0 Å². The fourth-order valence-electron chi connectivity index (χ4n) is 2.53. The normalized spacial score (nSPS) is 20.0. The quantitative estimate of drug-likeness (QED) is 0.692. The molecule has 0 aromatic heterocycles. The first-order chi connectivity index (χ1) is 11.3. The summed E-state index contributed by atoms with van der Waals surface area (Å²) >= 11 is 0. The number of sulfone groups is 2. The molecule has 1 atom stereocenters. The minimum absolute atomic E-state index is 0.0193. The molecule has 9 heteroatoms. The van der Waals surface area contributed by atoms with E-state index in [0.29, 0.717) is 19.6 Å². The largest absolute Gasteiger partial charge is 0.385 e. The van der Waals surface area contributed by atoms with Crippen molar-refractivity contribution in [3.8, 4) is 0 Å². The average Bonchev–Trinajstić information content (AvgIpc) is 2.92. The number of carbonyl (C=O) groups excluding carboxylic acids is 1. The second-order valence-corrected chi connectivity index (χ2v) is 10.2. The number of hydrogen-bond donors (Lipinski definition) is 1. The van der Waals surface area contributed by atoms with Crippen LogP contribution in [0.15, 0.2) is 29.2 Å². The van der Waals surface area contributed by atoms with E-state index in [1.165, 1.54) is 24.3 Å². The molecule has 0 unspecified atom stereocenters. The number of benzene rings is 1. The molecule has 0 spiro atoms. The molecular formula is C15H21NO6S2. The Morgan fingerprint density at radius 3 is 2.75 bits per heavy atom. The van der Waals surface area contributed by atoms with Crippen molar-refractivity contribution < 1.29 is 26.4 Å². The van der Waals surface area contributed by atoms with Gasteiger partial charge < -0.3 is 10.1 Å². The summed E-state index contributed by atoms with van der Waals surface area (Å²) in [6.07, 6.45) is 0.748. The number of rotatable bonds is 7. The van der Waals surface area contributed by atoms with Gasteiger partial charge in [-0.2, -0.15) is 0 Å². The third kappa shape index (κ3) is 4.55. The van der Waals surface area contributed by atoms with Crippen LogP contribution in [0.1, 0.15) is 23.2 Å². The highest BCUT2D eigenvalue weighted by Gasteiger charge is 2.38. The lowest BCUT2D eigenvalue weighted by atomic mass is 10.2.